The number of tetrazole rings is 1. The standard InChI is InChI=1S/C29H34N6O2/c1-20(2)12-17-24-19-35(28(36)23-8-4-3-5-9-23)29(37)34(24)18-21-13-15-22(16-14-21)25-10-6-7-11-26(25)27-30-32-33-31-27/h6-7,10-11,13-16,19-20,23H,3-5,8-9,12,17-18H2,1-2H3,(H,30,31,32,33). The third-order valence-electron chi connectivity index (χ3n) is 7.35. The van der Waals surface area contributed by atoms with Crippen LogP contribution < -0.4 is 5.69 Å². The molecule has 1 N–H and O–H groups in total. The molecule has 0 spiro atoms. The van der Waals surface area contributed by atoms with Crippen molar-refractivity contribution in [2.75, 3.05) is 0 Å². The first-order valence-electron chi connectivity index (χ1n) is 13.3. The SMILES string of the molecule is CC(C)CCc1cn(C(=O)C2CCCCC2)c(=O)n1Cc1ccc(-c2ccccc2-c2nn[nH]n2)cc1. The lowest BCUT2D eigenvalue weighted by Gasteiger charge is -2.19. The molecule has 0 bridgehead atoms. The summed E-state index contributed by atoms with van der Waals surface area (Å²) in [5, 5.41) is 14.5. The van der Waals surface area contributed by atoms with E-state index in [9.17, 15) is 9.59 Å². The zero-order chi connectivity index (χ0) is 25.8. The van der Waals surface area contributed by atoms with Crippen LogP contribution in [0.15, 0.2) is 59.5 Å². The van der Waals surface area contributed by atoms with Crippen LogP contribution in [-0.2, 0) is 13.0 Å². The number of hydrogen-bond acceptors (Lipinski definition) is 5. The van der Waals surface area contributed by atoms with Gasteiger partial charge in [0.15, 0.2) is 0 Å². The van der Waals surface area contributed by atoms with E-state index in [1.165, 1.54) is 11.0 Å². The fraction of sp³-hybridized carbons (Fsp3) is 0.414. The number of aromatic nitrogens is 6. The molecule has 2 aromatic heterocycles. The number of hydrogen-bond donors (Lipinski definition) is 1. The van der Waals surface area contributed by atoms with Crippen LogP contribution in [0, 0.1) is 11.8 Å². The molecule has 1 saturated carbocycles. The van der Waals surface area contributed by atoms with E-state index >= 15 is 0 Å². The van der Waals surface area contributed by atoms with Crippen LogP contribution in [0.5, 0.6) is 0 Å². The summed E-state index contributed by atoms with van der Waals surface area (Å²) in [4.78, 5) is 26.7. The topological polar surface area (TPSA) is 98.5 Å². The van der Waals surface area contributed by atoms with Gasteiger partial charge >= 0.3 is 5.69 Å². The van der Waals surface area contributed by atoms with Gasteiger partial charge in [0, 0.05) is 23.4 Å². The Morgan fingerprint density at radius 3 is 2.43 bits per heavy atom. The molecule has 1 aliphatic carbocycles. The normalized spacial score (nSPS) is 14.4. The number of carbonyl (C=O) groups is 1. The Labute approximate surface area is 216 Å². The Hall–Kier alpha value is -3.81. The van der Waals surface area contributed by atoms with Crippen LogP contribution in [-0.4, -0.2) is 35.7 Å². The summed E-state index contributed by atoms with van der Waals surface area (Å²) in [6, 6.07) is 16.1. The van der Waals surface area contributed by atoms with E-state index in [4.69, 9.17) is 0 Å². The van der Waals surface area contributed by atoms with E-state index < -0.39 is 0 Å². The highest BCUT2D eigenvalue weighted by molar-refractivity contribution is 5.81. The van der Waals surface area contributed by atoms with Crippen LogP contribution in [0.3, 0.4) is 0 Å². The highest BCUT2D eigenvalue weighted by Gasteiger charge is 2.26. The number of rotatable bonds is 8. The van der Waals surface area contributed by atoms with Crippen molar-refractivity contribution < 1.29 is 4.79 Å². The number of benzene rings is 2. The second-order valence-electron chi connectivity index (χ2n) is 10.4. The van der Waals surface area contributed by atoms with Gasteiger partial charge in [0.05, 0.1) is 6.54 Å². The molecule has 0 aliphatic heterocycles. The van der Waals surface area contributed by atoms with Gasteiger partial charge in [-0.05, 0) is 53.5 Å². The molecule has 0 unspecified atom stereocenters. The molecule has 1 aliphatic rings. The third-order valence-corrected chi connectivity index (χ3v) is 7.35. The predicted octanol–water partition coefficient (Wildman–Crippen LogP) is 5.35. The van der Waals surface area contributed by atoms with Crippen molar-refractivity contribution in [3.63, 3.8) is 0 Å². The lowest BCUT2D eigenvalue weighted by molar-refractivity contribution is 0.0796. The summed E-state index contributed by atoms with van der Waals surface area (Å²) in [5.74, 6) is 0.978. The molecule has 0 saturated heterocycles. The van der Waals surface area contributed by atoms with Gasteiger partial charge in [-0.15, -0.1) is 10.2 Å². The maximum atomic E-state index is 13.5. The highest BCUT2D eigenvalue weighted by Crippen LogP contribution is 2.30. The minimum absolute atomic E-state index is 0.0392. The van der Waals surface area contributed by atoms with E-state index in [1.807, 2.05) is 36.4 Å². The van der Waals surface area contributed by atoms with E-state index in [1.54, 1.807) is 10.8 Å². The van der Waals surface area contributed by atoms with Crippen molar-refractivity contribution in [1.29, 1.82) is 0 Å². The second kappa shape index (κ2) is 11.1. The van der Waals surface area contributed by atoms with Crippen LogP contribution in [0.4, 0.5) is 0 Å². The summed E-state index contributed by atoms with van der Waals surface area (Å²) in [7, 11) is 0. The van der Waals surface area contributed by atoms with Gasteiger partial charge in [0.1, 0.15) is 0 Å². The molecule has 37 heavy (non-hydrogen) atoms. The molecular formula is C29H34N6O2. The van der Waals surface area contributed by atoms with E-state index in [0.717, 1.165) is 66.5 Å². The fourth-order valence-corrected chi connectivity index (χ4v) is 5.21. The maximum absolute atomic E-state index is 13.5. The smallest absolute Gasteiger partial charge is 0.292 e. The average molecular weight is 499 g/mol. The first kappa shape index (κ1) is 24.9. The van der Waals surface area contributed by atoms with Gasteiger partial charge in [-0.1, -0.05) is 81.6 Å². The number of H-pyrrole nitrogens is 1. The summed E-state index contributed by atoms with van der Waals surface area (Å²) >= 11 is 0. The molecule has 1 fully saturated rings. The molecule has 0 amide bonds. The van der Waals surface area contributed by atoms with Gasteiger partial charge in [-0.3, -0.25) is 9.36 Å². The first-order valence-corrected chi connectivity index (χ1v) is 13.3. The van der Waals surface area contributed by atoms with Crippen LogP contribution >= 0.6 is 0 Å². The number of imidazole rings is 1. The third kappa shape index (κ3) is 5.48. The highest BCUT2D eigenvalue weighted by atomic mass is 16.2. The number of nitrogens with one attached hydrogen (secondary N) is 1. The summed E-state index contributed by atoms with van der Waals surface area (Å²) in [5.41, 5.74) is 4.65. The van der Waals surface area contributed by atoms with Crippen molar-refractivity contribution in [2.45, 2.75) is 65.3 Å². The van der Waals surface area contributed by atoms with Gasteiger partial charge in [-0.2, -0.15) is 5.21 Å². The molecule has 0 radical (unpaired) electrons. The predicted molar refractivity (Wildman–Crippen MR) is 143 cm³/mol. The van der Waals surface area contributed by atoms with Gasteiger partial charge in [0.25, 0.3) is 0 Å². The molecule has 192 valence electrons. The van der Waals surface area contributed by atoms with Crippen LogP contribution in [0.1, 0.15) is 68.4 Å². The molecular weight excluding hydrogens is 464 g/mol. The van der Waals surface area contributed by atoms with Crippen molar-refractivity contribution in [1.82, 2.24) is 29.8 Å². The summed E-state index contributed by atoms with van der Waals surface area (Å²) < 4.78 is 3.17. The number of nitrogens with zero attached hydrogens (tertiary/aromatic N) is 5. The van der Waals surface area contributed by atoms with E-state index in [-0.39, 0.29) is 17.5 Å². The van der Waals surface area contributed by atoms with Gasteiger partial charge < -0.3 is 0 Å². The van der Waals surface area contributed by atoms with Crippen LogP contribution in [0.2, 0.25) is 0 Å². The molecule has 2 heterocycles. The van der Waals surface area contributed by atoms with Gasteiger partial charge in [-0.25, -0.2) is 9.36 Å². The number of aryl methyl sites for hydroxylation is 1. The molecule has 2 aromatic carbocycles. The largest absolute Gasteiger partial charge is 0.335 e. The van der Waals surface area contributed by atoms with Crippen molar-refractivity contribution >= 4 is 5.91 Å². The Balaban J connectivity index is 1.42. The molecule has 5 rings (SSSR count). The maximum Gasteiger partial charge on any atom is 0.335 e. The summed E-state index contributed by atoms with van der Waals surface area (Å²) in [6.07, 6.45) is 8.60. The minimum atomic E-state index is -0.221. The molecule has 0 atom stereocenters. The summed E-state index contributed by atoms with van der Waals surface area (Å²) in [6.45, 7) is 4.79. The number of aromatic amines is 1. The molecule has 8 heteroatoms. The monoisotopic (exact) mass is 498 g/mol. The Morgan fingerprint density at radius 1 is 1.03 bits per heavy atom. The fourth-order valence-electron chi connectivity index (χ4n) is 5.21. The van der Waals surface area contributed by atoms with E-state index in [2.05, 4.69) is 46.6 Å². The van der Waals surface area contributed by atoms with Crippen molar-refractivity contribution in [3.05, 3.63) is 76.5 Å². The van der Waals surface area contributed by atoms with Crippen molar-refractivity contribution in [3.8, 4) is 22.5 Å². The first-order chi connectivity index (χ1) is 18.0. The Kier molecular flexibility index (Phi) is 7.44. The zero-order valence-corrected chi connectivity index (χ0v) is 21.6. The number of carbonyl (C=O) groups excluding carboxylic acids is 1. The Bertz CT molecular complexity index is 1390. The van der Waals surface area contributed by atoms with Crippen LogP contribution in [0.25, 0.3) is 22.5 Å². The lowest BCUT2D eigenvalue weighted by atomic mass is 9.88. The molecule has 8 nitrogen and oxygen atoms in total. The second-order valence-corrected chi connectivity index (χ2v) is 10.4. The lowest BCUT2D eigenvalue weighted by Crippen LogP contribution is -2.34. The Morgan fingerprint density at radius 2 is 1.76 bits per heavy atom. The average Bonchev–Trinajstić information content (AvgIpc) is 3.57. The molecule has 4 aromatic rings. The quantitative estimate of drug-likeness (QED) is 0.353. The zero-order valence-electron chi connectivity index (χ0n) is 21.6. The minimum Gasteiger partial charge on any atom is -0.292 e. The van der Waals surface area contributed by atoms with E-state index in [0.29, 0.717) is 18.3 Å². The van der Waals surface area contributed by atoms with Crippen molar-refractivity contribution in [2.24, 2.45) is 11.8 Å². The van der Waals surface area contributed by atoms with Gasteiger partial charge in [0.2, 0.25) is 11.7 Å².